The average molecular weight is 434 g/mol. The molecule has 1 aliphatic heterocycles. The first-order chi connectivity index (χ1) is 14.3. The van der Waals surface area contributed by atoms with Crippen LogP contribution in [0.25, 0.3) is 0 Å². The Labute approximate surface area is 188 Å². The normalized spacial score (nSPS) is 31.5. The van der Waals surface area contributed by atoms with Gasteiger partial charge in [0.25, 0.3) is 0 Å². The van der Waals surface area contributed by atoms with Gasteiger partial charge in [0.2, 0.25) is 0 Å². The molecule has 30 heavy (non-hydrogen) atoms. The molecule has 3 unspecified atom stereocenters. The number of anilines is 1. The van der Waals surface area contributed by atoms with E-state index in [1.54, 1.807) is 7.11 Å². The summed E-state index contributed by atoms with van der Waals surface area (Å²) in [5.41, 5.74) is 2.38. The van der Waals surface area contributed by atoms with Gasteiger partial charge in [0.15, 0.2) is 5.13 Å². The molecule has 0 aromatic carbocycles. The number of rotatable bonds is 6. The van der Waals surface area contributed by atoms with E-state index in [0.29, 0.717) is 22.8 Å². The van der Waals surface area contributed by atoms with E-state index in [-0.39, 0.29) is 0 Å². The average Bonchev–Trinajstić information content (AvgIpc) is 3.22. The first-order valence-corrected chi connectivity index (χ1v) is 13.1. The third-order valence-electron chi connectivity index (χ3n) is 8.70. The van der Waals surface area contributed by atoms with E-state index >= 15 is 0 Å². The van der Waals surface area contributed by atoms with Crippen molar-refractivity contribution in [2.24, 2.45) is 22.7 Å². The molecule has 5 heteroatoms. The number of nitrogens with zero attached hydrogens (tertiary/aromatic N) is 2. The van der Waals surface area contributed by atoms with Crippen LogP contribution in [0.15, 0.2) is 5.38 Å². The Kier molecular flexibility index (Phi) is 6.82. The Morgan fingerprint density at radius 1 is 1.07 bits per heavy atom. The summed E-state index contributed by atoms with van der Waals surface area (Å²) in [4.78, 5) is 7.70. The topological polar surface area (TPSA) is 37.4 Å². The number of hydrogen-bond donors (Lipinski definition) is 1. The number of piperidine rings is 1. The van der Waals surface area contributed by atoms with Crippen LogP contribution in [0.2, 0.25) is 0 Å². The van der Waals surface area contributed by atoms with Crippen LogP contribution in [0.1, 0.15) is 84.3 Å². The highest BCUT2D eigenvalue weighted by Crippen LogP contribution is 2.59. The van der Waals surface area contributed by atoms with Gasteiger partial charge in [-0.25, -0.2) is 4.98 Å². The second-order valence-electron chi connectivity index (χ2n) is 11.5. The maximum Gasteiger partial charge on any atom is 0.185 e. The Bertz CT molecular complexity index is 692. The largest absolute Gasteiger partial charge is 0.383 e. The molecular formula is C25H43N3OS. The van der Waals surface area contributed by atoms with Crippen molar-refractivity contribution >= 4 is 16.5 Å². The molecular weight excluding hydrogens is 390 g/mol. The minimum absolute atomic E-state index is 0.482. The number of thiazole rings is 1. The molecule has 3 aliphatic rings. The third-order valence-corrected chi connectivity index (χ3v) is 9.62. The lowest BCUT2D eigenvalue weighted by atomic mass is 9.49. The first kappa shape index (κ1) is 22.5. The fourth-order valence-corrected chi connectivity index (χ4v) is 7.46. The predicted octanol–water partition coefficient (Wildman–Crippen LogP) is 5.69. The van der Waals surface area contributed by atoms with Crippen LogP contribution < -0.4 is 10.2 Å². The van der Waals surface area contributed by atoms with Gasteiger partial charge < -0.3 is 15.0 Å². The van der Waals surface area contributed by atoms with Gasteiger partial charge >= 0.3 is 0 Å². The van der Waals surface area contributed by atoms with E-state index in [0.717, 1.165) is 38.1 Å². The molecule has 4 rings (SSSR count). The van der Waals surface area contributed by atoms with Crippen LogP contribution >= 0.6 is 11.3 Å². The maximum atomic E-state index is 5.18. The van der Waals surface area contributed by atoms with Crippen molar-refractivity contribution < 1.29 is 4.74 Å². The van der Waals surface area contributed by atoms with Crippen molar-refractivity contribution in [3.63, 3.8) is 0 Å². The highest BCUT2D eigenvalue weighted by atomic mass is 32.1. The van der Waals surface area contributed by atoms with E-state index in [4.69, 9.17) is 9.72 Å². The molecule has 1 aromatic rings. The molecule has 170 valence electrons. The molecule has 0 spiro atoms. The molecule has 1 aromatic heterocycles. The van der Waals surface area contributed by atoms with Crippen LogP contribution in [0, 0.1) is 22.7 Å². The van der Waals surface area contributed by atoms with Gasteiger partial charge in [0.1, 0.15) is 0 Å². The zero-order valence-corrected chi connectivity index (χ0v) is 20.7. The Balaban J connectivity index is 1.36. The number of hydrogen-bond acceptors (Lipinski definition) is 5. The van der Waals surface area contributed by atoms with Crippen molar-refractivity contribution in [1.29, 1.82) is 0 Å². The van der Waals surface area contributed by atoms with E-state index < -0.39 is 0 Å². The van der Waals surface area contributed by atoms with Crippen molar-refractivity contribution in [3.05, 3.63) is 11.1 Å². The molecule has 0 radical (unpaired) electrons. The fourth-order valence-electron chi connectivity index (χ4n) is 6.50. The molecule has 1 saturated heterocycles. The summed E-state index contributed by atoms with van der Waals surface area (Å²) in [5.74, 6) is 2.40. The molecule has 2 saturated carbocycles. The quantitative estimate of drug-likeness (QED) is 0.585. The minimum atomic E-state index is 0.482. The maximum absolute atomic E-state index is 5.18. The van der Waals surface area contributed by atoms with Crippen LogP contribution in [0.4, 0.5) is 5.13 Å². The second-order valence-corrected chi connectivity index (χ2v) is 12.3. The van der Waals surface area contributed by atoms with Gasteiger partial charge in [-0.1, -0.05) is 27.7 Å². The van der Waals surface area contributed by atoms with Gasteiger partial charge in [-0.15, -0.1) is 11.3 Å². The minimum Gasteiger partial charge on any atom is -0.383 e. The molecule has 2 heterocycles. The monoisotopic (exact) mass is 433 g/mol. The van der Waals surface area contributed by atoms with Crippen molar-refractivity contribution in [2.45, 2.75) is 84.6 Å². The lowest BCUT2D eigenvalue weighted by Gasteiger charge is -2.55. The van der Waals surface area contributed by atoms with Crippen LogP contribution in [0.5, 0.6) is 0 Å². The molecule has 4 nitrogen and oxygen atoms in total. The highest BCUT2D eigenvalue weighted by molar-refractivity contribution is 7.13. The van der Waals surface area contributed by atoms with Gasteiger partial charge in [-0.05, 0) is 67.6 Å². The Hall–Kier alpha value is -0.650. The first-order valence-electron chi connectivity index (χ1n) is 12.2. The summed E-state index contributed by atoms with van der Waals surface area (Å²) in [7, 11) is 1.77. The van der Waals surface area contributed by atoms with Crippen LogP contribution in [-0.2, 0) is 4.74 Å². The number of aromatic nitrogens is 1. The van der Waals surface area contributed by atoms with Gasteiger partial charge in [0.05, 0.1) is 12.3 Å². The lowest BCUT2D eigenvalue weighted by molar-refractivity contribution is -0.0501. The Morgan fingerprint density at radius 2 is 1.77 bits per heavy atom. The summed E-state index contributed by atoms with van der Waals surface area (Å²) in [5, 5.41) is 7.26. The lowest BCUT2D eigenvalue weighted by Crippen LogP contribution is -2.47. The number of nitrogens with one attached hydrogen (secondary N) is 1. The highest BCUT2D eigenvalue weighted by Gasteiger charge is 2.50. The third kappa shape index (κ3) is 4.73. The standard InChI is InChI=1S/C25H43N3OS/c1-24(2)10-11-25(3,4)21-16-18(6-7-20(21)24)22-17-30-23(27-22)28-13-8-19(9-14-28)26-12-15-29-5/h17-21,26H,6-16H2,1-5H3. The molecule has 3 atom stereocenters. The van der Waals surface area contributed by atoms with Gasteiger partial charge in [-0.3, -0.25) is 0 Å². The second kappa shape index (κ2) is 9.07. The van der Waals surface area contributed by atoms with Gasteiger partial charge in [0, 0.05) is 44.1 Å². The number of methoxy groups -OCH3 is 1. The molecule has 3 fully saturated rings. The number of ether oxygens (including phenoxy) is 1. The van der Waals surface area contributed by atoms with Crippen molar-refractivity contribution in [2.75, 3.05) is 38.3 Å². The number of fused-ring (bicyclic) bond motifs is 1. The van der Waals surface area contributed by atoms with Crippen LogP contribution in [-0.4, -0.2) is 44.4 Å². The smallest absolute Gasteiger partial charge is 0.185 e. The van der Waals surface area contributed by atoms with E-state index in [1.165, 1.54) is 55.8 Å². The molecule has 0 bridgehead atoms. The molecule has 2 aliphatic carbocycles. The summed E-state index contributed by atoms with van der Waals surface area (Å²) >= 11 is 1.88. The van der Waals surface area contributed by atoms with Crippen LogP contribution in [0.3, 0.4) is 0 Å². The Morgan fingerprint density at radius 3 is 2.47 bits per heavy atom. The summed E-state index contributed by atoms with van der Waals surface area (Å²) < 4.78 is 5.16. The zero-order valence-electron chi connectivity index (χ0n) is 19.9. The summed E-state index contributed by atoms with van der Waals surface area (Å²) in [6.07, 6.45) is 9.24. The summed E-state index contributed by atoms with van der Waals surface area (Å²) in [6.45, 7) is 14.1. The van der Waals surface area contributed by atoms with Crippen molar-refractivity contribution in [1.82, 2.24) is 10.3 Å². The predicted molar refractivity (Wildman–Crippen MR) is 128 cm³/mol. The van der Waals surface area contributed by atoms with Crippen molar-refractivity contribution in [3.8, 4) is 0 Å². The summed E-state index contributed by atoms with van der Waals surface area (Å²) in [6, 6.07) is 0.628. The SMILES string of the molecule is COCCNC1CCN(c2nc(C3CCC4C(C3)C(C)(C)CCC4(C)C)cs2)CC1. The van der Waals surface area contributed by atoms with E-state index in [2.05, 4.69) is 43.3 Å². The van der Waals surface area contributed by atoms with E-state index in [1.807, 2.05) is 11.3 Å². The van der Waals surface area contributed by atoms with Gasteiger partial charge in [-0.2, -0.15) is 0 Å². The zero-order chi connectivity index (χ0) is 21.4. The molecule has 0 amide bonds. The molecule has 1 N–H and O–H groups in total. The van der Waals surface area contributed by atoms with E-state index in [9.17, 15) is 0 Å². The fraction of sp³-hybridized carbons (Fsp3) is 0.880.